The highest BCUT2D eigenvalue weighted by Gasteiger charge is 2.31. The minimum Gasteiger partial charge on any atom is -0.380 e. The van der Waals surface area contributed by atoms with Gasteiger partial charge in [-0.3, -0.25) is 0 Å². The van der Waals surface area contributed by atoms with Crippen LogP contribution < -0.4 is 5.73 Å². The van der Waals surface area contributed by atoms with Crippen molar-refractivity contribution in [3.63, 3.8) is 0 Å². The lowest BCUT2D eigenvalue weighted by Gasteiger charge is -2.07. The van der Waals surface area contributed by atoms with Crippen molar-refractivity contribution in [1.29, 1.82) is 0 Å². The van der Waals surface area contributed by atoms with Crippen molar-refractivity contribution in [3.8, 4) is 0 Å². The van der Waals surface area contributed by atoms with Crippen LogP contribution >= 0.6 is 0 Å². The van der Waals surface area contributed by atoms with E-state index in [0.717, 1.165) is 30.3 Å². The molecular weight excluding hydrogens is 316 g/mol. The van der Waals surface area contributed by atoms with E-state index in [0.29, 0.717) is 11.6 Å². The maximum atomic E-state index is 12.8. The van der Waals surface area contributed by atoms with Crippen LogP contribution in [0.1, 0.15) is 21.5 Å². The molecule has 2 rings (SSSR count). The number of hydrogen-bond donors (Lipinski definition) is 1. The number of carbonyl (C=O) groups is 1. The van der Waals surface area contributed by atoms with Gasteiger partial charge in [0.25, 0.3) is 0 Å². The maximum Gasteiger partial charge on any atom is 0.416 e. The molecule has 0 saturated heterocycles. The van der Waals surface area contributed by atoms with Gasteiger partial charge in [-0.25, -0.2) is 9.18 Å². The first-order valence-electron chi connectivity index (χ1n) is 6.25. The normalized spacial score (nSPS) is 12.1. The Bertz CT molecular complexity index is 740. The third kappa shape index (κ3) is 4.29. The number of halogens is 4. The highest BCUT2D eigenvalue weighted by molar-refractivity contribution is 5.98. The summed E-state index contributed by atoms with van der Waals surface area (Å²) >= 11 is 0. The Kier molecular flexibility index (Phi) is 4.63. The average molecular weight is 326 g/mol. The molecule has 0 amide bonds. The molecule has 0 heterocycles. The fourth-order valence-corrected chi connectivity index (χ4v) is 1.64. The molecule has 0 aliphatic carbocycles. The minimum atomic E-state index is -4.58. The largest absolute Gasteiger partial charge is 0.416 e. The zero-order chi connectivity index (χ0) is 17.0. The summed E-state index contributed by atoms with van der Waals surface area (Å²) in [7, 11) is 0. The second kappa shape index (κ2) is 6.47. The van der Waals surface area contributed by atoms with E-state index in [-0.39, 0.29) is 11.4 Å². The Hall–Kier alpha value is -2.90. The third-order valence-corrected chi connectivity index (χ3v) is 2.79. The second-order valence-corrected chi connectivity index (χ2v) is 4.44. The van der Waals surface area contributed by atoms with E-state index in [1.54, 1.807) is 0 Å². The number of nitrogens with two attached hydrogens (primary N) is 1. The second-order valence-electron chi connectivity index (χ2n) is 4.44. The number of rotatable bonds is 3. The summed E-state index contributed by atoms with van der Waals surface area (Å²) < 4.78 is 50.5. The lowest BCUT2D eigenvalue weighted by atomic mass is 10.1. The summed E-state index contributed by atoms with van der Waals surface area (Å²) in [5.41, 5.74) is 4.53. The van der Waals surface area contributed by atoms with Crippen LogP contribution in [0.3, 0.4) is 0 Å². The van der Waals surface area contributed by atoms with E-state index < -0.39 is 23.5 Å². The molecule has 0 aliphatic heterocycles. The highest BCUT2D eigenvalue weighted by Crippen LogP contribution is 2.29. The standard InChI is InChI=1S/C15H10F4N2O2/c16-12-6-4-9(5-7-12)13(20)21-23-14(22)10-2-1-3-11(8-10)15(17,18)19/h1-8H,(H2,20,21). The van der Waals surface area contributed by atoms with Crippen molar-refractivity contribution in [1.82, 2.24) is 0 Å². The molecule has 0 unspecified atom stereocenters. The van der Waals surface area contributed by atoms with Crippen molar-refractivity contribution in [2.24, 2.45) is 10.9 Å². The molecule has 4 nitrogen and oxygen atoms in total. The summed E-state index contributed by atoms with van der Waals surface area (Å²) in [4.78, 5) is 16.2. The van der Waals surface area contributed by atoms with E-state index in [2.05, 4.69) is 9.99 Å². The maximum absolute atomic E-state index is 12.8. The first-order valence-corrected chi connectivity index (χ1v) is 6.25. The van der Waals surface area contributed by atoms with Gasteiger partial charge in [0, 0.05) is 5.56 Å². The SMILES string of the molecule is N/C(=N\OC(=O)c1cccc(C(F)(F)F)c1)c1ccc(F)cc1. The monoisotopic (exact) mass is 326 g/mol. The summed E-state index contributed by atoms with van der Waals surface area (Å²) in [5, 5.41) is 3.33. The van der Waals surface area contributed by atoms with E-state index in [1.165, 1.54) is 12.1 Å². The highest BCUT2D eigenvalue weighted by atomic mass is 19.4. The van der Waals surface area contributed by atoms with Crippen molar-refractivity contribution < 1.29 is 27.2 Å². The number of carbonyl (C=O) groups excluding carboxylic acids is 1. The lowest BCUT2D eigenvalue weighted by molar-refractivity contribution is -0.137. The molecule has 8 heteroatoms. The van der Waals surface area contributed by atoms with Crippen molar-refractivity contribution in [2.45, 2.75) is 6.18 Å². The number of nitrogens with zero attached hydrogens (tertiary/aromatic N) is 1. The zero-order valence-electron chi connectivity index (χ0n) is 11.5. The quantitative estimate of drug-likeness (QED) is 0.309. The molecule has 23 heavy (non-hydrogen) atoms. The van der Waals surface area contributed by atoms with Gasteiger partial charge in [0.15, 0.2) is 5.84 Å². The van der Waals surface area contributed by atoms with Gasteiger partial charge in [0.2, 0.25) is 0 Å². The molecule has 2 aromatic rings. The summed E-state index contributed by atoms with van der Waals surface area (Å²) in [6, 6.07) is 8.59. The number of alkyl halides is 3. The van der Waals surface area contributed by atoms with Crippen molar-refractivity contribution >= 4 is 11.8 Å². The van der Waals surface area contributed by atoms with Gasteiger partial charge in [-0.05, 0) is 42.5 Å². The van der Waals surface area contributed by atoms with Gasteiger partial charge in [-0.1, -0.05) is 11.2 Å². The van der Waals surface area contributed by atoms with Crippen LogP contribution in [0.4, 0.5) is 17.6 Å². The number of benzene rings is 2. The van der Waals surface area contributed by atoms with Crippen LogP contribution in [0.15, 0.2) is 53.7 Å². The first kappa shape index (κ1) is 16.5. The van der Waals surface area contributed by atoms with Gasteiger partial charge in [0.1, 0.15) is 5.82 Å². The minimum absolute atomic E-state index is 0.217. The van der Waals surface area contributed by atoms with Crippen LogP contribution in [-0.2, 0) is 11.0 Å². The summed E-state index contributed by atoms with van der Waals surface area (Å²) in [6.07, 6.45) is -4.58. The third-order valence-electron chi connectivity index (χ3n) is 2.79. The Morgan fingerprint density at radius 3 is 2.30 bits per heavy atom. The van der Waals surface area contributed by atoms with Crippen LogP contribution in [0.25, 0.3) is 0 Å². The predicted molar refractivity (Wildman–Crippen MR) is 74.0 cm³/mol. The Morgan fingerprint density at radius 2 is 1.70 bits per heavy atom. The molecule has 120 valence electrons. The Morgan fingerprint density at radius 1 is 1.04 bits per heavy atom. The van der Waals surface area contributed by atoms with E-state index in [4.69, 9.17) is 5.73 Å². The molecule has 2 aromatic carbocycles. The van der Waals surface area contributed by atoms with Gasteiger partial charge < -0.3 is 10.6 Å². The summed E-state index contributed by atoms with van der Waals surface area (Å²) in [6.45, 7) is 0. The van der Waals surface area contributed by atoms with Crippen LogP contribution in [-0.4, -0.2) is 11.8 Å². The number of amidine groups is 1. The topological polar surface area (TPSA) is 64.7 Å². The molecule has 0 aromatic heterocycles. The smallest absolute Gasteiger partial charge is 0.380 e. The Balaban J connectivity index is 2.13. The fraction of sp³-hybridized carbons (Fsp3) is 0.0667. The molecule has 0 saturated carbocycles. The van der Waals surface area contributed by atoms with E-state index in [1.807, 2.05) is 0 Å². The zero-order valence-corrected chi connectivity index (χ0v) is 11.5. The van der Waals surface area contributed by atoms with Gasteiger partial charge in [-0.2, -0.15) is 13.2 Å². The van der Waals surface area contributed by atoms with Crippen LogP contribution in [0, 0.1) is 5.82 Å². The molecule has 0 spiro atoms. The van der Waals surface area contributed by atoms with E-state index in [9.17, 15) is 22.4 Å². The van der Waals surface area contributed by atoms with Crippen molar-refractivity contribution in [3.05, 3.63) is 71.0 Å². The van der Waals surface area contributed by atoms with Gasteiger partial charge >= 0.3 is 12.1 Å². The first-order chi connectivity index (χ1) is 10.8. The number of oxime groups is 1. The van der Waals surface area contributed by atoms with Gasteiger partial charge in [0.05, 0.1) is 11.1 Å². The van der Waals surface area contributed by atoms with E-state index >= 15 is 0 Å². The predicted octanol–water partition coefficient (Wildman–Crippen LogP) is 3.32. The Labute approximate surface area is 128 Å². The summed E-state index contributed by atoms with van der Waals surface area (Å²) in [5.74, 6) is -1.80. The molecule has 2 N–H and O–H groups in total. The average Bonchev–Trinajstić information content (AvgIpc) is 2.52. The molecule has 0 radical (unpaired) electrons. The van der Waals surface area contributed by atoms with Crippen molar-refractivity contribution in [2.75, 3.05) is 0 Å². The molecule has 0 atom stereocenters. The van der Waals surface area contributed by atoms with Crippen LogP contribution in [0.2, 0.25) is 0 Å². The molecule has 0 aliphatic rings. The molecule has 0 bridgehead atoms. The molecule has 0 fully saturated rings. The van der Waals surface area contributed by atoms with Crippen LogP contribution in [0.5, 0.6) is 0 Å². The fourth-order valence-electron chi connectivity index (χ4n) is 1.64. The van der Waals surface area contributed by atoms with Gasteiger partial charge in [-0.15, -0.1) is 0 Å². The number of hydrogen-bond acceptors (Lipinski definition) is 3. The lowest BCUT2D eigenvalue weighted by Crippen LogP contribution is -2.15. The molecular formula is C15H10F4N2O2.